The van der Waals surface area contributed by atoms with Gasteiger partial charge in [0, 0.05) is 11.1 Å². The van der Waals surface area contributed by atoms with Crippen molar-refractivity contribution in [2.24, 2.45) is 5.73 Å². The Balaban J connectivity index is 2.39. The molecule has 2 aromatic rings. The number of urea groups is 1. The first-order valence-corrected chi connectivity index (χ1v) is 6.90. The SMILES string of the molecule is CC(C)c1cnc(N(C(N)=O)c2ccc(C#N)cc2)s1. The molecule has 2 N–H and O–H groups in total. The number of primary amides is 1. The fourth-order valence-corrected chi connectivity index (χ4v) is 2.61. The zero-order chi connectivity index (χ0) is 14.7. The molecule has 0 bridgehead atoms. The van der Waals surface area contributed by atoms with Crippen molar-refractivity contribution in [3.63, 3.8) is 0 Å². The van der Waals surface area contributed by atoms with Crippen LogP contribution in [0.4, 0.5) is 15.6 Å². The van der Waals surface area contributed by atoms with Gasteiger partial charge in [-0.25, -0.2) is 14.7 Å². The van der Waals surface area contributed by atoms with Crippen molar-refractivity contribution in [1.82, 2.24) is 4.98 Å². The minimum Gasteiger partial charge on any atom is -0.351 e. The lowest BCUT2D eigenvalue weighted by Gasteiger charge is -2.17. The average molecular weight is 286 g/mol. The molecule has 0 unspecified atom stereocenters. The molecular formula is C14H14N4OS. The Labute approximate surface area is 121 Å². The van der Waals surface area contributed by atoms with Gasteiger partial charge >= 0.3 is 6.03 Å². The maximum atomic E-state index is 11.7. The van der Waals surface area contributed by atoms with E-state index in [9.17, 15) is 4.79 Å². The fraction of sp³-hybridized carbons (Fsp3) is 0.214. The van der Waals surface area contributed by atoms with Crippen LogP contribution in [0.2, 0.25) is 0 Å². The van der Waals surface area contributed by atoms with E-state index in [0.29, 0.717) is 22.3 Å². The topological polar surface area (TPSA) is 83.0 Å². The van der Waals surface area contributed by atoms with Crippen LogP contribution in [0.1, 0.15) is 30.2 Å². The van der Waals surface area contributed by atoms with Gasteiger partial charge in [-0.1, -0.05) is 13.8 Å². The zero-order valence-corrected chi connectivity index (χ0v) is 12.0. The van der Waals surface area contributed by atoms with E-state index < -0.39 is 6.03 Å². The molecule has 0 aliphatic heterocycles. The van der Waals surface area contributed by atoms with Crippen LogP contribution in [0.3, 0.4) is 0 Å². The number of rotatable bonds is 3. The first kappa shape index (κ1) is 14.0. The summed E-state index contributed by atoms with van der Waals surface area (Å²) in [4.78, 5) is 18.4. The van der Waals surface area contributed by atoms with Gasteiger partial charge < -0.3 is 5.73 Å². The standard InChI is InChI=1S/C14H14N4OS/c1-9(2)12-8-17-14(20-12)18(13(16)19)11-5-3-10(7-15)4-6-11/h3-6,8-9H,1-2H3,(H2,16,19). The van der Waals surface area contributed by atoms with Crippen LogP contribution < -0.4 is 10.6 Å². The van der Waals surface area contributed by atoms with E-state index in [2.05, 4.69) is 18.8 Å². The van der Waals surface area contributed by atoms with E-state index in [-0.39, 0.29) is 0 Å². The summed E-state index contributed by atoms with van der Waals surface area (Å²) in [5.74, 6) is 0.344. The third kappa shape index (κ3) is 2.78. The van der Waals surface area contributed by atoms with Crippen LogP contribution in [0.5, 0.6) is 0 Å². The number of hydrogen-bond acceptors (Lipinski definition) is 4. The molecule has 1 heterocycles. The van der Waals surface area contributed by atoms with Gasteiger partial charge in [-0.05, 0) is 30.2 Å². The summed E-state index contributed by atoms with van der Waals surface area (Å²) in [7, 11) is 0. The molecule has 6 heteroatoms. The Morgan fingerprint density at radius 3 is 2.50 bits per heavy atom. The molecule has 5 nitrogen and oxygen atoms in total. The molecule has 0 atom stereocenters. The molecule has 0 fully saturated rings. The largest absolute Gasteiger partial charge is 0.351 e. The van der Waals surface area contributed by atoms with Crippen molar-refractivity contribution in [2.45, 2.75) is 19.8 Å². The normalized spacial score (nSPS) is 10.3. The number of hydrogen-bond donors (Lipinski definition) is 1. The average Bonchev–Trinajstić information content (AvgIpc) is 2.89. The van der Waals surface area contributed by atoms with Gasteiger partial charge in [0.05, 0.1) is 17.3 Å². The number of nitrogens with two attached hydrogens (primary N) is 1. The van der Waals surface area contributed by atoms with E-state index in [4.69, 9.17) is 11.0 Å². The highest BCUT2D eigenvalue weighted by atomic mass is 32.1. The first-order chi connectivity index (χ1) is 9.52. The molecule has 20 heavy (non-hydrogen) atoms. The Hall–Kier alpha value is -2.39. The number of carbonyl (C=O) groups is 1. The van der Waals surface area contributed by atoms with E-state index in [1.807, 2.05) is 6.07 Å². The summed E-state index contributed by atoms with van der Waals surface area (Å²) < 4.78 is 0. The molecule has 2 rings (SSSR count). The Kier molecular flexibility index (Phi) is 4.01. The summed E-state index contributed by atoms with van der Waals surface area (Å²) in [5, 5.41) is 9.33. The van der Waals surface area contributed by atoms with Crippen LogP contribution >= 0.6 is 11.3 Å². The highest BCUT2D eigenvalue weighted by Crippen LogP contribution is 2.32. The number of nitriles is 1. The predicted molar refractivity (Wildman–Crippen MR) is 79.1 cm³/mol. The fourth-order valence-electron chi connectivity index (χ4n) is 1.66. The monoisotopic (exact) mass is 286 g/mol. The minimum atomic E-state index is -0.598. The van der Waals surface area contributed by atoms with E-state index >= 15 is 0 Å². The van der Waals surface area contributed by atoms with Crippen LogP contribution in [0.25, 0.3) is 0 Å². The summed E-state index contributed by atoms with van der Waals surface area (Å²) in [6.45, 7) is 4.13. The zero-order valence-electron chi connectivity index (χ0n) is 11.2. The molecule has 102 valence electrons. The summed E-state index contributed by atoms with van der Waals surface area (Å²) in [5.41, 5.74) is 6.57. The van der Waals surface area contributed by atoms with Gasteiger partial charge in [0.25, 0.3) is 0 Å². The highest BCUT2D eigenvalue weighted by Gasteiger charge is 2.19. The molecule has 0 aliphatic carbocycles. The predicted octanol–water partition coefficient (Wildman–Crippen LogP) is 3.35. The van der Waals surface area contributed by atoms with Crippen molar-refractivity contribution >= 4 is 28.2 Å². The third-order valence-electron chi connectivity index (χ3n) is 2.75. The van der Waals surface area contributed by atoms with Crippen molar-refractivity contribution in [3.8, 4) is 6.07 Å². The number of thiazole rings is 1. The van der Waals surface area contributed by atoms with E-state index in [0.717, 1.165) is 4.88 Å². The summed E-state index contributed by atoms with van der Waals surface area (Å²) in [6, 6.07) is 8.08. The van der Waals surface area contributed by atoms with Crippen LogP contribution in [0, 0.1) is 11.3 Å². The van der Waals surface area contributed by atoms with Crippen LogP contribution in [0.15, 0.2) is 30.5 Å². The summed E-state index contributed by atoms with van der Waals surface area (Å²) in [6.07, 6.45) is 1.75. The van der Waals surface area contributed by atoms with Crippen molar-refractivity contribution in [1.29, 1.82) is 5.26 Å². The number of amides is 2. The molecule has 2 amide bonds. The van der Waals surface area contributed by atoms with Crippen molar-refractivity contribution in [3.05, 3.63) is 40.9 Å². The number of anilines is 2. The second-order valence-electron chi connectivity index (χ2n) is 4.53. The van der Waals surface area contributed by atoms with Gasteiger partial charge in [0.15, 0.2) is 5.13 Å². The molecule has 0 saturated heterocycles. The van der Waals surface area contributed by atoms with Gasteiger partial charge in [-0.2, -0.15) is 5.26 Å². The second kappa shape index (κ2) is 5.72. The highest BCUT2D eigenvalue weighted by molar-refractivity contribution is 7.15. The van der Waals surface area contributed by atoms with Crippen LogP contribution in [-0.4, -0.2) is 11.0 Å². The van der Waals surface area contributed by atoms with Crippen molar-refractivity contribution < 1.29 is 4.79 Å². The molecule has 1 aromatic carbocycles. The lowest BCUT2D eigenvalue weighted by Crippen LogP contribution is -2.31. The van der Waals surface area contributed by atoms with Gasteiger partial charge in [-0.3, -0.25) is 0 Å². The third-order valence-corrected chi connectivity index (χ3v) is 4.03. The number of benzene rings is 1. The number of nitrogens with zero attached hydrogens (tertiary/aromatic N) is 3. The lowest BCUT2D eigenvalue weighted by molar-refractivity contribution is 0.256. The molecule has 0 saturated carbocycles. The van der Waals surface area contributed by atoms with Crippen molar-refractivity contribution in [2.75, 3.05) is 4.90 Å². The maximum Gasteiger partial charge on any atom is 0.325 e. The van der Waals surface area contributed by atoms with E-state index in [1.165, 1.54) is 16.2 Å². The number of carbonyl (C=O) groups excluding carboxylic acids is 1. The molecular weight excluding hydrogens is 272 g/mol. The quantitative estimate of drug-likeness (QED) is 0.939. The van der Waals surface area contributed by atoms with Gasteiger partial charge in [-0.15, -0.1) is 11.3 Å². The second-order valence-corrected chi connectivity index (χ2v) is 5.57. The molecule has 0 spiro atoms. The Morgan fingerprint density at radius 2 is 2.05 bits per heavy atom. The molecule has 0 radical (unpaired) electrons. The maximum absolute atomic E-state index is 11.7. The molecule has 1 aromatic heterocycles. The number of aromatic nitrogens is 1. The lowest BCUT2D eigenvalue weighted by atomic mass is 10.2. The Morgan fingerprint density at radius 1 is 1.40 bits per heavy atom. The Bertz CT molecular complexity index is 655. The smallest absolute Gasteiger partial charge is 0.325 e. The van der Waals surface area contributed by atoms with E-state index in [1.54, 1.807) is 30.5 Å². The first-order valence-electron chi connectivity index (χ1n) is 6.08. The minimum absolute atomic E-state index is 0.344. The molecule has 0 aliphatic rings. The van der Waals surface area contributed by atoms with Gasteiger partial charge in [0.1, 0.15) is 0 Å². The van der Waals surface area contributed by atoms with Gasteiger partial charge in [0.2, 0.25) is 0 Å². The summed E-state index contributed by atoms with van der Waals surface area (Å²) >= 11 is 1.43. The van der Waals surface area contributed by atoms with Crippen LogP contribution in [-0.2, 0) is 0 Å².